The van der Waals surface area contributed by atoms with Crippen LogP contribution in [0, 0.1) is 0 Å². The number of nitrogens with zero attached hydrogens (tertiary/aromatic N) is 9. The molecule has 15 heteroatoms. The van der Waals surface area contributed by atoms with Gasteiger partial charge < -0.3 is 39.1 Å². The van der Waals surface area contributed by atoms with E-state index in [0.29, 0.717) is 84.7 Å². The molecule has 6 bridgehead atoms. The van der Waals surface area contributed by atoms with Crippen molar-refractivity contribution in [3.63, 3.8) is 0 Å². The normalized spacial score (nSPS) is 16.2. The van der Waals surface area contributed by atoms with Crippen LogP contribution in [0.3, 0.4) is 0 Å². The molecule has 0 saturated carbocycles. The van der Waals surface area contributed by atoms with Crippen molar-refractivity contribution < 1.29 is 18.9 Å². The molecule has 0 saturated heterocycles. The lowest BCUT2D eigenvalue weighted by Crippen LogP contribution is -2.09. The molecule has 7 heterocycles. The molecular formula is C32H29N11O4. The summed E-state index contributed by atoms with van der Waals surface area (Å²) in [6.07, 6.45) is 13.5. The maximum atomic E-state index is 6.25. The van der Waals surface area contributed by atoms with Gasteiger partial charge in [0.25, 0.3) is 0 Å². The maximum absolute atomic E-state index is 6.25. The number of hydrogen-bond acceptors (Lipinski definition) is 13. The average molecular weight is 632 g/mol. The van der Waals surface area contributed by atoms with Gasteiger partial charge in [-0.1, -0.05) is 18.2 Å². The number of pyridine rings is 1. The molecule has 15 nitrogen and oxygen atoms in total. The zero-order valence-corrected chi connectivity index (χ0v) is 25.1. The zero-order valence-electron chi connectivity index (χ0n) is 25.1. The van der Waals surface area contributed by atoms with Crippen LogP contribution in [0.4, 0.5) is 17.3 Å². The Morgan fingerprint density at radius 3 is 2.34 bits per heavy atom. The Balaban J connectivity index is 1.16. The van der Waals surface area contributed by atoms with Crippen molar-refractivity contribution in [1.82, 2.24) is 44.0 Å². The Morgan fingerprint density at radius 2 is 1.45 bits per heavy atom. The van der Waals surface area contributed by atoms with Crippen LogP contribution in [-0.2, 0) is 13.1 Å². The van der Waals surface area contributed by atoms with E-state index in [0.717, 1.165) is 11.3 Å². The van der Waals surface area contributed by atoms with Gasteiger partial charge in [0, 0.05) is 6.20 Å². The Hall–Kier alpha value is -6.25. The summed E-state index contributed by atoms with van der Waals surface area (Å²) in [5, 5.41) is 3.44. The van der Waals surface area contributed by atoms with Crippen molar-refractivity contribution in [2.75, 3.05) is 37.5 Å². The third kappa shape index (κ3) is 5.81. The number of fused-ring (bicyclic) bond motifs is 5. The summed E-state index contributed by atoms with van der Waals surface area (Å²) in [6.45, 7) is 2.24. The van der Waals surface area contributed by atoms with E-state index in [9.17, 15) is 0 Å². The molecule has 0 amide bonds. The third-order valence-corrected chi connectivity index (χ3v) is 7.56. The molecule has 1 aromatic carbocycles. The number of ether oxygens (including phenoxy) is 4. The molecule has 5 aromatic heterocycles. The molecule has 2 aliphatic heterocycles. The number of nitrogens with one attached hydrogen (secondary N) is 1. The lowest BCUT2D eigenvalue weighted by molar-refractivity contribution is 0.299. The van der Waals surface area contributed by atoms with Crippen LogP contribution >= 0.6 is 0 Å². The fourth-order valence-corrected chi connectivity index (χ4v) is 5.30. The highest BCUT2D eigenvalue weighted by molar-refractivity contribution is 5.87. The summed E-state index contributed by atoms with van der Waals surface area (Å²) < 4.78 is 27.7. The topological polar surface area (TPSA) is 175 Å². The van der Waals surface area contributed by atoms with Crippen LogP contribution in [-0.4, -0.2) is 70.4 Å². The number of anilines is 3. The minimum atomic E-state index is 0.190. The van der Waals surface area contributed by atoms with Gasteiger partial charge in [-0.2, -0.15) is 19.9 Å². The van der Waals surface area contributed by atoms with Gasteiger partial charge in [-0.15, -0.1) is 0 Å². The van der Waals surface area contributed by atoms with Gasteiger partial charge in [0.2, 0.25) is 0 Å². The summed E-state index contributed by atoms with van der Waals surface area (Å²) in [5.41, 5.74) is 10.8. The van der Waals surface area contributed by atoms with Crippen LogP contribution in [0.2, 0.25) is 0 Å². The summed E-state index contributed by atoms with van der Waals surface area (Å²) >= 11 is 0. The Kier molecular flexibility index (Phi) is 7.37. The minimum absolute atomic E-state index is 0.190. The van der Waals surface area contributed by atoms with Crippen LogP contribution in [0.5, 0.6) is 23.5 Å². The van der Waals surface area contributed by atoms with Crippen LogP contribution in [0.1, 0.15) is 17.7 Å². The molecular weight excluding hydrogens is 602 g/mol. The van der Waals surface area contributed by atoms with Crippen LogP contribution in [0.15, 0.2) is 73.5 Å². The predicted molar refractivity (Wildman–Crippen MR) is 172 cm³/mol. The first-order valence-electron chi connectivity index (χ1n) is 15.0. The first-order chi connectivity index (χ1) is 23.2. The van der Waals surface area contributed by atoms with Gasteiger partial charge >= 0.3 is 12.0 Å². The zero-order chi connectivity index (χ0) is 31.6. The van der Waals surface area contributed by atoms with E-state index >= 15 is 0 Å². The van der Waals surface area contributed by atoms with Crippen molar-refractivity contribution in [3.8, 4) is 23.5 Å². The molecule has 0 unspecified atom stereocenters. The van der Waals surface area contributed by atoms with Gasteiger partial charge in [0.15, 0.2) is 34.0 Å². The SMILES string of the molecule is Nc1nc2nc3c1ncn3Cc1ccc(Nc3nc4nc5c3ncn5Cc3ncccc3OC/C=C/CCO4)c(c1)OC/C=C\CO2. The number of hydrogen-bond donors (Lipinski definition) is 2. The summed E-state index contributed by atoms with van der Waals surface area (Å²) in [7, 11) is 0. The van der Waals surface area contributed by atoms with Crippen LogP contribution < -0.4 is 30.0 Å². The van der Waals surface area contributed by atoms with E-state index in [-0.39, 0.29) is 24.4 Å². The fourth-order valence-electron chi connectivity index (χ4n) is 5.30. The predicted octanol–water partition coefficient (Wildman–Crippen LogP) is 3.83. The molecule has 236 valence electrons. The first-order valence-corrected chi connectivity index (χ1v) is 15.0. The largest absolute Gasteiger partial charge is 0.488 e. The molecule has 2 aliphatic rings. The van der Waals surface area contributed by atoms with Crippen molar-refractivity contribution in [1.29, 1.82) is 0 Å². The molecule has 6 aromatic rings. The number of aromatic nitrogens is 9. The van der Waals surface area contributed by atoms with E-state index in [2.05, 4.69) is 30.2 Å². The first kappa shape index (κ1) is 28.2. The molecule has 47 heavy (non-hydrogen) atoms. The molecule has 0 aliphatic carbocycles. The van der Waals surface area contributed by atoms with Crippen molar-refractivity contribution >= 4 is 39.7 Å². The second-order valence-corrected chi connectivity index (χ2v) is 10.8. The summed E-state index contributed by atoms with van der Waals surface area (Å²) in [4.78, 5) is 31.9. The Bertz CT molecular complexity index is 2160. The lowest BCUT2D eigenvalue weighted by atomic mass is 10.1. The second kappa shape index (κ2) is 12.3. The maximum Gasteiger partial charge on any atom is 0.320 e. The fraction of sp³-hybridized carbons (Fsp3) is 0.219. The smallest absolute Gasteiger partial charge is 0.320 e. The van der Waals surface area contributed by atoms with Gasteiger partial charge in [-0.05, 0) is 48.4 Å². The highest BCUT2D eigenvalue weighted by Gasteiger charge is 2.19. The van der Waals surface area contributed by atoms with Gasteiger partial charge in [-0.25, -0.2) is 9.97 Å². The minimum Gasteiger partial charge on any atom is -0.488 e. The molecule has 0 fully saturated rings. The lowest BCUT2D eigenvalue weighted by Gasteiger charge is -2.16. The Morgan fingerprint density at radius 1 is 0.702 bits per heavy atom. The molecule has 8 rings (SSSR count). The number of nitrogen functional groups attached to an aromatic ring is 1. The number of rotatable bonds is 2. The monoisotopic (exact) mass is 631 g/mol. The van der Waals surface area contributed by atoms with Crippen LogP contribution in [0.25, 0.3) is 22.3 Å². The van der Waals surface area contributed by atoms with Crippen molar-refractivity contribution in [3.05, 3.63) is 84.7 Å². The van der Waals surface area contributed by atoms with E-state index in [1.807, 2.05) is 63.8 Å². The quantitative estimate of drug-likeness (QED) is 0.264. The number of nitrogens with two attached hydrogens (primary N) is 1. The number of benzene rings is 1. The Labute approximate surface area is 267 Å². The highest BCUT2D eigenvalue weighted by atomic mass is 16.5. The molecule has 3 N–H and O–H groups in total. The highest BCUT2D eigenvalue weighted by Crippen LogP contribution is 2.33. The van der Waals surface area contributed by atoms with E-state index in [1.54, 1.807) is 18.9 Å². The molecule has 0 atom stereocenters. The summed E-state index contributed by atoms with van der Waals surface area (Å²) in [5.74, 6) is 2.05. The van der Waals surface area contributed by atoms with Gasteiger partial charge in [-0.3, -0.25) is 4.98 Å². The second-order valence-electron chi connectivity index (χ2n) is 10.8. The molecule has 0 radical (unpaired) electrons. The third-order valence-electron chi connectivity index (χ3n) is 7.56. The van der Waals surface area contributed by atoms with Gasteiger partial charge in [0.1, 0.15) is 37.0 Å². The summed E-state index contributed by atoms with van der Waals surface area (Å²) in [6, 6.07) is 10.1. The van der Waals surface area contributed by atoms with E-state index in [1.165, 1.54) is 0 Å². The standard InChI is InChI=1S/C32H29N11O4/c33-27-25-29-40-31(38-27)46-14-5-4-12-45-24-15-20(16-42(29)18-35-25)8-9-21(24)37-28-26-30-41-32(39-28)47-13-3-1-2-11-44-23-7-6-10-34-22(23)17-43(30)19-36-26/h1-2,4-10,15,18-19H,3,11-14,16-17H2,(H2,33,38,40)(H,37,39,41)/b2-1+,5-4-. The average Bonchev–Trinajstić information content (AvgIpc) is 3.67. The van der Waals surface area contributed by atoms with Crippen molar-refractivity contribution in [2.24, 2.45) is 0 Å². The van der Waals surface area contributed by atoms with E-state index < -0.39 is 0 Å². The number of imidazole rings is 2. The van der Waals surface area contributed by atoms with E-state index in [4.69, 9.17) is 34.6 Å². The molecule has 0 spiro atoms. The van der Waals surface area contributed by atoms with Gasteiger partial charge in [0.05, 0.1) is 38.0 Å². The van der Waals surface area contributed by atoms with Crippen molar-refractivity contribution in [2.45, 2.75) is 19.5 Å².